The van der Waals surface area contributed by atoms with Crippen molar-refractivity contribution in [2.45, 2.75) is 19.4 Å². The fraction of sp³-hybridized carbons (Fsp3) is 0.409. The van der Waals surface area contributed by atoms with Crippen LogP contribution in [0.25, 0.3) is 10.2 Å². The van der Waals surface area contributed by atoms with E-state index in [1.165, 1.54) is 5.56 Å². The first-order valence-electron chi connectivity index (χ1n) is 10.3. The standard InChI is InChI=1S/C22H25N5OS/c28-22(27-8-1-2-9-27)18-5-3-17(4-6-18)15-25-10-12-26(13-11-25)20-19-7-14-29-21(19)24-16-23-20/h3-7,14,16H,1-2,8-13,15H2. The van der Waals surface area contributed by atoms with Crippen LogP contribution in [0.3, 0.4) is 0 Å². The highest BCUT2D eigenvalue weighted by Crippen LogP contribution is 2.27. The summed E-state index contributed by atoms with van der Waals surface area (Å²) in [6, 6.07) is 10.3. The van der Waals surface area contributed by atoms with Gasteiger partial charge in [0.25, 0.3) is 5.91 Å². The number of hydrogen-bond acceptors (Lipinski definition) is 6. The molecule has 0 N–H and O–H groups in total. The molecule has 4 heterocycles. The van der Waals surface area contributed by atoms with Gasteiger partial charge in [0.2, 0.25) is 0 Å². The summed E-state index contributed by atoms with van der Waals surface area (Å²) in [6.45, 7) is 6.66. The first kappa shape index (κ1) is 18.5. The van der Waals surface area contributed by atoms with E-state index in [2.05, 4.69) is 43.3 Å². The number of anilines is 1. The summed E-state index contributed by atoms with van der Waals surface area (Å²) in [4.78, 5) is 29.2. The highest BCUT2D eigenvalue weighted by Gasteiger charge is 2.21. The second-order valence-electron chi connectivity index (χ2n) is 7.80. The first-order chi connectivity index (χ1) is 14.3. The van der Waals surface area contributed by atoms with Crippen LogP contribution in [0.15, 0.2) is 42.0 Å². The zero-order chi connectivity index (χ0) is 19.6. The number of benzene rings is 1. The maximum Gasteiger partial charge on any atom is 0.253 e. The van der Waals surface area contributed by atoms with Gasteiger partial charge in [0.05, 0.1) is 5.39 Å². The monoisotopic (exact) mass is 407 g/mol. The van der Waals surface area contributed by atoms with E-state index in [0.29, 0.717) is 0 Å². The van der Waals surface area contributed by atoms with E-state index in [1.807, 2.05) is 17.0 Å². The summed E-state index contributed by atoms with van der Waals surface area (Å²) in [5.41, 5.74) is 2.07. The third kappa shape index (κ3) is 3.84. The van der Waals surface area contributed by atoms with Crippen molar-refractivity contribution in [3.8, 4) is 0 Å². The molecule has 0 aliphatic carbocycles. The predicted molar refractivity (Wildman–Crippen MR) is 116 cm³/mol. The Morgan fingerprint density at radius 3 is 2.45 bits per heavy atom. The Balaban J connectivity index is 1.19. The average molecular weight is 408 g/mol. The van der Waals surface area contributed by atoms with Crippen LogP contribution in [0.4, 0.5) is 5.82 Å². The van der Waals surface area contributed by atoms with E-state index in [1.54, 1.807) is 17.7 Å². The van der Waals surface area contributed by atoms with Gasteiger partial charge in [-0.2, -0.15) is 0 Å². The Morgan fingerprint density at radius 1 is 0.931 bits per heavy atom. The van der Waals surface area contributed by atoms with E-state index in [-0.39, 0.29) is 5.91 Å². The lowest BCUT2D eigenvalue weighted by atomic mass is 10.1. The largest absolute Gasteiger partial charge is 0.353 e. The number of thiophene rings is 1. The van der Waals surface area contributed by atoms with Gasteiger partial charge in [-0.3, -0.25) is 9.69 Å². The van der Waals surface area contributed by atoms with E-state index >= 15 is 0 Å². The third-order valence-electron chi connectivity index (χ3n) is 5.91. The van der Waals surface area contributed by atoms with Crippen LogP contribution in [-0.2, 0) is 6.54 Å². The van der Waals surface area contributed by atoms with Crippen LogP contribution in [0, 0.1) is 0 Å². The number of carbonyl (C=O) groups excluding carboxylic acids is 1. The summed E-state index contributed by atoms with van der Waals surface area (Å²) in [7, 11) is 0. The number of piperazine rings is 1. The number of likely N-dealkylation sites (tertiary alicyclic amines) is 1. The molecule has 6 nitrogen and oxygen atoms in total. The zero-order valence-corrected chi connectivity index (χ0v) is 17.3. The fourth-order valence-electron chi connectivity index (χ4n) is 4.26. The van der Waals surface area contributed by atoms with Crippen molar-refractivity contribution in [3.05, 3.63) is 53.2 Å². The topological polar surface area (TPSA) is 52.6 Å². The van der Waals surface area contributed by atoms with Gasteiger partial charge in [-0.05, 0) is 42.0 Å². The van der Waals surface area contributed by atoms with Gasteiger partial charge in [-0.15, -0.1) is 11.3 Å². The molecule has 2 aliphatic rings. The maximum absolute atomic E-state index is 12.5. The Morgan fingerprint density at radius 2 is 1.69 bits per heavy atom. The molecule has 2 saturated heterocycles. The molecule has 0 spiro atoms. The number of fused-ring (bicyclic) bond motifs is 1. The summed E-state index contributed by atoms with van der Waals surface area (Å²) >= 11 is 1.66. The second kappa shape index (κ2) is 8.08. The van der Waals surface area contributed by atoms with Crippen LogP contribution in [0.5, 0.6) is 0 Å². The van der Waals surface area contributed by atoms with Crippen molar-refractivity contribution in [3.63, 3.8) is 0 Å². The average Bonchev–Trinajstić information content (AvgIpc) is 3.46. The molecule has 1 amide bonds. The quantitative estimate of drug-likeness (QED) is 0.665. The predicted octanol–water partition coefficient (Wildman–Crippen LogP) is 3.25. The number of aromatic nitrogens is 2. The van der Waals surface area contributed by atoms with Gasteiger partial charge in [-0.25, -0.2) is 9.97 Å². The lowest BCUT2D eigenvalue weighted by molar-refractivity contribution is 0.0793. The van der Waals surface area contributed by atoms with Gasteiger partial charge >= 0.3 is 0 Å². The minimum Gasteiger partial charge on any atom is -0.353 e. The minimum atomic E-state index is 0.173. The van der Waals surface area contributed by atoms with Gasteiger partial charge in [0.1, 0.15) is 17.0 Å². The molecule has 0 bridgehead atoms. The second-order valence-corrected chi connectivity index (χ2v) is 8.69. The molecule has 0 atom stereocenters. The van der Waals surface area contributed by atoms with Crippen molar-refractivity contribution < 1.29 is 4.79 Å². The van der Waals surface area contributed by atoms with Crippen LogP contribution in [0.2, 0.25) is 0 Å². The van der Waals surface area contributed by atoms with Crippen molar-refractivity contribution in [1.29, 1.82) is 0 Å². The number of rotatable bonds is 4. The van der Waals surface area contributed by atoms with E-state index in [4.69, 9.17) is 0 Å². The fourth-order valence-corrected chi connectivity index (χ4v) is 4.99. The van der Waals surface area contributed by atoms with Crippen molar-refractivity contribution in [2.24, 2.45) is 0 Å². The summed E-state index contributed by atoms with van der Waals surface area (Å²) in [5.74, 6) is 1.23. The smallest absolute Gasteiger partial charge is 0.253 e. The van der Waals surface area contributed by atoms with Crippen molar-refractivity contribution >= 4 is 33.3 Å². The van der Waals surface area contributed by atoms with E-state index in [0.717, 1.165) is 80.3 Å². The van der Waals surface area contributed by atoms with Crippen LogP contribution in [0.1, 0.15) is 28.8 Å². The molecular formula is C22H25N5OS. The summed E-state index contributed by atoms with van der Waals surface area (Å²) in [5, 5.41) is 3.24. The lowest BCUT2D eigenvalue weighted by Crippen LogP contribution is -2.46. The molecule has 7 heteroatoms. The summed E-state index contributed by atoms with van der Waals surface area (Å²) < 4.78 is 0. The van der Waals surface area contributed by atoms with Gasteiger partial charge in [-0.1, -0.05) is 12.1 Å². The molecule has 2 aliphatic heterocycles. The SMILES string of the molecule is O=C(c1ccc(CN2CCN(c3ncnc4sccc34)CC2)cc1)N1CCCC1. The van der Waals surface area contributed by atoms with Gasteiger partial charge in [0, 0.05) is 51.4 Å². The highest BCUT2D eigenvalue weighted by molar-refractivity contribution is 7.16. The van der Waals surface area contributed by atoms with Crippen molar-refractivity contribution in [2.75, 3.05) is 44.2 Å². The molecule has 150 valence electrons. The molecule has 3 aromatic rings. The number of amides is 1. The van der Waals surface area contributed by atoms with Crippen LogP contribution >= 0.6 is 11.3 Å². The van der Waals surface area contributed by atoms with E-state index in [9.17, 15) is 4.79 Å². The van der Waals surface area contributed by atoms with Crippen molar-refractivity contribution in [1.82, 2.24) is 19.8 Å². The molecule has 0 saturated carbocycles. The number of nitrogens with zero attached hydrogens (tertiary/aromatic N) is 5. The van der Waals surface area contributed by atoms with Gasteiger partial charge < -0.3 is 9.80 Å². The van der Waals surface area contributed by atoms with Crippen LogP contribution in [-0.4, -0.2) is 64.9 Å². The molecule has 0 radical (unpaired) electrons. The molecule has 5 rings (SSSR count). The molecule has 0 unspecified atom stereocenters. The minimum absolute atomic E-state index is 0.173. The molecule has 2 aromatic heterocycles. The third-order valence-corrected chi connectivity index (χ3v) is 6.73. The molecule has 1 aromatic carbocycles. The number of hydrogen-bond donors (Lipinski definition) is 0. The Hall–Kier alpha value is -2.51. The Labute approximate surface area is 174 Å². The Bertz CT molecular complexity index is 988. The molecular weight excluding hydrogens is 382 g/mol. The summed E-state index contributed by atoms with van der Waals surface area (Å²) in [6.07, 6.45) is 3.93. The zero-order valence-electron chi connectivity index (χ0n) is 16.5. The lowest BCUT2D eigenvalue weighted by Gasteiger charge is -2.35. The van der Waals surface area contributed by atoms with E-state index < -0.39 is 0 Å². The highest BCUT2D eigenvalue weighted by atomic mass is 32.1. The number of carbonyl (C=O) groups is 1. The Kier molecular flexibility index (Phi) is 5.16. The maximum atomic E-state index is 12.5. The molecule has 2 fully saturated rings. The molecule has 29 heavy (non-hydrogen) atoms. The van der Waals surface area contributed by atoms with Gasteiger partial charge in [0.15, 0.2) is 0 Å². The normalized spacial score (nSPS) is 17.9. The first-order valence-corrected chi connectivity index (χ1v) is 11.2. The van der Waals surface area contributed by atoms with Crippen LogP contribution < -0.4 is 4.90 Å².